The molecule has 0 saturated heterocycles. The van der Waals surface area contributed by atoms with Crippen LogP contribution in [0.25, 0.3) is 11.3 Å². The Morgan fingerprint density at radius 1 is 0.828 bits per heavy atom. The molecule has 0 aliphatic heterocycles. The van der Waals surface area contributed by atoms with E-state index in [0.717, 1.165) is 5.56 Å². The normalized spacial score (nSPS) is 11.0. The zero-order chi connectivity index (χ0) is 20.1. The van der Waals surface area contributed by atoms with Gasteiger partial charge < -0.3 is 4.74 Å². The molecular formula is C21H16N4O3S. The van der Waals surface area contributed by atoms with Crippen molar-refractivity contribution in [2.45, 2.75) is 4.90 Å². The average Bonchev–Trinajstić information content (AvgIpc) is 2.75. The van der Waals surface area contributed by atoms with Crippen molar-refractivity contribution >= 4 is 16.0 Å². The van der Waals surface area contributed by atoms with Crippen LogP contribution in [0, 0.1) is 0 Å². The standard InChI is InChI=1S/C21H16N4O3S/c26-29(27,18-11-5-2-6-12-18)25-21-23-19(16-8-3-1-4-9-16)14-20(24-21)28-17-10-7-13-22-15-17/h1-15H,(H,23,24,25). The monoisotopic (exact) mass is 404 g/mol. The number of aromatic nitrogens is 3. The fourth-order valence-corrected chi connectivity index (χ4v) is 3.55. The molecule has 2 aromatic carbocycles. The van der Waals surface area contributed by atoms with Crippen LogP contribution in [-0.2, 0) is 10.0 Å². The van der Waals surface area contributed by atoms with E-state index in [4.69, 9.17) is 4.74 Å². The number of sulfonamides is 1. The molecule has 0 spiro atoms. The third-order valence-electron chi connectivity index (χ3n) is 3.91. The highest BCUT2D eigenvalue weighted by molar-refractivity contribution is 7.92. The minimum atomic E-state index is -3.84. The van der Waals surface area contributed by atoms with Gasteiger partial charge in [-0.2, -0.15) is 4.98 Å². The molecule has 2 heterocycles. The van der Waals surface area contributed by atoms with Gasteiger partial charge in [0, 0.05) is 17.8 Å². The third kappa shape index (κ3) is 4.56. The van der Waals surface area contributed by atoms with Gasteiger partial charge in [-0.1, -0.05) is 48.5 Å². The number of nitrogens with zero attached hydrogens (tertiary/aromatic N) is 3. The number of benzene rings is 2. The van der Waals surface area contributed by atoms with Gasteiger partial charge in [-0.05, 0) is 24.3 Å². The first-order valence-corrected chi connectivity index (χ1v) is 10.2. The SMILES string of the molecule is O=S(=O)(Nc1nc(Oc2cccnc2)cc(-c2ccccc2)n1)c1ccccc1. The molecular weight excluding hydrogens is 388 g/mol. The van der Waals surface area contributed by atoms with Gasteiger partial charge in [-0.3, -0.25) is 4.98 Å². The van der Waals surface area contributed by atoms with E-state index in [1.807, 2.05) is 30.3 Å². The molecule has 4 aromatic rings. The number of ether oxygens (including phenoxy) is 1. The van der Waals surface area contributed by atoms with Crippen LogP contribution >= 0.6 is 0 Å². The average molecular weight is 404 g/mol. The van der Waals surface area contributed by atoms with Crippen molar-refractivity contribution in [2.75, 3.05) is 4.72 Å². The molecule has 2 aromatic heterocycles. The molecule has 144 valence electrons. The fraction of sp³-hybridized carbons (Fsp3) is 0. The van der Waals surface area contributed by atoms with Crippen molar-refractivity contribution in [2.24, 2.45) is 0 Å². The van der Waals surface area contributed by atoms with Crippen molar-refractivity contribution in [3.8, 4) is 22.9 Å². The molecule has 0 unspecified atom stereocenters. The molecule has 0 bridgehead atoms. The zero-order valence-electron chi connectivity index (χ0n) is 15.1. The van der Waals surface area contributed by atoms with Crippen LogP contribution < -0.4 is 9.46 Å². The maximum Gasteiger partial charge on any atom is 0.264 e. The molecule has 1 N–H and O–H groups in total. The Morgan fingerprint density at radius 2 is 1.55 bits per heavy atom. The molecule has 0 aliphatic rings. The van der Waals surface area contributed by atoms with Gasteiger partial charge in [0.25, 0.3) is 10.0 Å². The van der Waals surface area contributed by atoms with Crippen LogP contribution in [0.15, 0.2) is 96.2 Å². The molecule has 0 radical (unpaired) electrons. The highest BCUT2D eigenvalue weighted by Gasteiger charge is 2.17. The lowest BCUT2D eigenvalue weighted by Gasteiger charge is -2.11. The Bertz CT molecular complexity index is 1200. The summed E-state index contributed by atoms with van der Waals surface area (Å²) in [6.45, 7) is 0. The Labute approximate surface area is 168 Å². The van der Waals surface area contributed by atoms with Crippen LogP contribution in [-0.4, -0.2) is 23.4 Å². The van der Waals surface area contributed by atoms with Crippen molar-refractivity contribution in [3.05, 3.63) is 91.3 Å². The van der Waals surface area contributed by atoms with Crippen molar-refractivity contribution < 1.29 is 13.2 Å². The topological polar surface area (TPSA) is 94.1 Å². The van der Waals surface area contributed by atoms with Crippen molar-refractivity contribution in [1.82, 2.24) is 15.0 Å². The van der Waals surface area contributed by atoms with Gasteiger partial charge >= 0.3 is 0 Å². The zero-order valence-corrected chi connectivity index (χ0v) is 16.0. The lowest BCUT2D eigenvalue weighted by atomic mass is 10.1. The van der Waals surface area contributed by atoms with Gasteiger partial charge in [0.1, 0.15) is 5.75 Å². The van der Waals surface area contributed by atoms with Crippen LogP contribution in [0.3, 0.4) is 0 Å². The summed E-state index contributed by atoms with van der Waals surface area (Å²) in [5, 5.41) is 0. The summed E-state index contributed by atoms with van der Waals surface area (Å²) < 4.78 is 33.5. The Morgan fingerprint density at radius 3 is 2.24 bits per heavy atom. The smallest absolute Gasteiger partial charge is 0.264 e. The van der Waals surface area contributed by atoms with E-state index >= 15 is 0 Å². The number of rotatable bonds is 6. The summed E-state index contributed by atoms with van der Waals surface area (Å²) in [4.78, 5) is 12.7. The number of hydrogen-bond donors (Lipinski definition) is 1. The maximum atomic E-state index is 12.7. The highest BCUT2D eigenvalue weighted by Crippen LogP contribution is 2.26. The second-order valence-electron chi connectivity index (χ2n) is 5.99. The highest BCUT2D eigenvalue weighted by atomic mass is 32.2. The van der Waals surface area contributed by atoms with Gasteiger partial charge in [0.15, 0.2) is 0 Å². The first kappa shape index (κ1) is 18.6. The minimum Gasteiger partial charge on any atom is -0.437 e. The fourth-order valence-electron chi connectivity index (χ4n) is 2.59. The van der Waals surface area contributed by atoms with Gasteiger partial charge in [0.2, 0.25) is 11.8 Å². The lowest BCUT2D eigenvalue weighted by Crippen LogP contribution is -2.15. The summed E-state index contributed by atoms with van der Waals surface area (Å²) in [6, 6.07) is 22.5. The predicted molar refractivity (Wildman–Crippen MR) is 109 cm³/mol. The van der Waals surface area contributed by atoms with Crippen molar-refractivity contribution in [1.29, 1.82) is 0 Å². The molecule has 0 saturated carbocycles. The van der Waals surface area contributed by atoms with Crippen LogP contribution in [0.5, 0.6) is 11.6 Å². The molecule has 4 rings (SSSR count). The number of nitrogens with one attached hydrogen (secondary N) is 1. The Hall–Kier alpha value is -3.78. The van der Waals surface area contributed by atoms with E-state index in [9.17, 15) is 8.42 Å². The van der Waals surface area contributed by atoms with Crippen molar-refractivity contribution in [3.63, 3.8) is 0 Å². The molecule has 29 heavy (non-hydrogen) atoms. The van der Waals surface area contributed by atoms with E-state index in [0.29, 0.717) is 11.4 Å². The van der Waals surface area contributed by atoms with Crippen LogP contribution in [0.1, 0.15) is 0 Å². The predicted octanol–water partition coefficient (Wildman–Crippen LogP) is 4.13. The summed E-state index contributed by atoms with van der Waals surface area (Å²) >= 11 is 0. The van der Waals surface area contributed by atoms with E-state index in [-0.39, 0.29) is 16.7 Å². The minimum absolute atomic E-state index is 0.0888. The lowest BCUT2D eigenvalue weighted by molar-refractivity contribution is 0.461. The van der Waals surface area contributed by atoms with Gasteiger partial charge in [-0.25, -0.2) is 18.1 Å². The second-order valence-corrected chi connectivity index (χ2v) is 7.67. The summed E-state index contributed by atoms with van der Waals surface area (Å²) in [5.41, 5.74) is 1.32. The van der Waals surface area contributed by atoms with E-state index in [1.165, 1.54) is 18.3 Å². The van der Waals surface area contributed by atoms with E-state index < -0.39 is 10.0 Å². The summed E-state index contributed by atoms with van der Waals surface area (Å²) in [6.07, 6.45) is 3.17. The first-order chi connectivity index (χ1) is 14.1. The molecule has 0 aliphatic carbocycles. The number of anilines is 1. The second kappa shape index (κ2) is 8.07. The molecule has 8 heteroatoms. The molecule has 0 amide bonds. The maximum absolute atomic E-state index is 12.7. The Kier molecular flexibility index (Phi) is 5.17. The van der Waals surface area contributed by atoms with E-state index in [2.05, 4.69) is 19.7 Å². The third-order valence-corrected chi connectivity index (χ3v) is 5.25. The number of hydrogen-bond acceptors (Lipinski definition) is 6. The molecule has 0 atom stereocenters. The van der Waals surface area contributed by atoms with Crippen LogP contribution in [0.4, 0.5) is 5.95 Å². The van der Waals surface area contributed by atoms with E-state index in [1.54, 1.807) is 42.6 Å². The quantitative estimate of drug-likeness (QED) is 0.519. The first-order valence-electron chi connectivity index (χ1n) is 8.70. The summed E-state index contributed by atoms with van der Waals surface area (Å²) in [7, 11) is -3.84. The summed E-state index contributed by atoms with van der Waals surface area (Å²) in [5.74, 6) is 0.578. The van der Waals surface area contributed by atoms with Gasteiger partial charge in [-0.15, -0.1) is 0 Å². The van der Waals surface area contributed by atoms with Crippen LogP contribution in [0.2, 0.25) is 0 Å². The largest absolute Gasteiger partial charge is 0.437 e. The van der Waals surface area contributed by atoms with Gasteiger partial charge in [0.05, 0.1) is 16.8 Å². The Balaban J connectivity index is 1.73. The molecule has 0 fully saturated rings. The molecule has 7 nitrogen and oxygen atoms in total. The number of pyridine rings is 1.